The Bertz CT molecular complexity index is 722. The highest BCUT2D eigenvalue weighted by molar-refractivity contribution is 5.94. The van der Waals surface area contributed by atoms with Crippen molar-refractivity contribution < 1.29 is 9.59 Å². The second-order valence-electron chi connectivity index (χ2n) is 7.24. The SMILES string of the molecule is CC1(C)CC(=O)CC(c2ccccc2)C1NC(=O)c1ccccc1. The molecule has 24 heavy (non-hydrogen) atoms. The van der Waals surface area contributed by atoms with Crippen LogP contribution in [0.3, 0.4) is 0 Å². The lowest BCUT2D eigenvalue weighted by molar-refractivity contribution is -0.124. The van der Waals surface area contributed by atoms with Crippen LogP contribution >= 0.6 is 0 Å². The molecule has 3 heteroatoms. The molecule has 124 valence electrons. The first-order valence-corrected chi connectivity index (χ1v) is 8.40. The van der Waals surface area contributed by atoms with Crippen molar-refractivity contribution in [1.82, 2.24) is 5.32 Å². The molecule has 3 nitrogen and oxygen atoms in total. The van der Waals surface area contributed by atoms with E-state index in [9.17, 15) is 9.59 Å². The standard InChI is InChI=1S/C21H23NO2/c1-21(2)14-17(23)13-18(15-9-5-3-6-10-15)19(21)22-20(24)16-11-7-4-8-12-16/h3-12,18-19H,13-14H2,1-2H3,(H,22,24). The van der Waals surface area contributed by atoms with Gasteiger partial charge in [0.15, 0.2) is 0 Å². The van der Waals surface area contributed by atoms with Crippen molar-refractivity contribution in [2.45, 2.75) is 38.6 Å². The molecule has 2 unspecified atom stereocenters. The minimum atomic E-state index is -0.277. The van der Waals surface area contributed by atoms with Crippen LogP contribution in [0.25, 0.3) is 0 Å². The molecule has 1 amide bonds. The summed E-state index contributed by atoms with van der Waals surface area (Å²) in [5.74, 6) is 0.193. The van der Waals surface area contributed by atoms with Crippen molar-refractivity contribution in [3.63, 3.8) is 0 Å². The average molecular weight is 321 g/mol. The minimum Gasteiger partial charge on any atom is -0.348 e. The Hall–Kier alpha value is -2.42. The first-order valence-electron chi connectivity index (χ1n) is 8.40. The van der Waals surface area contributed by atoms with Gasteiger partial charge in [-0.15, -0.1) is 0 Å². The fourth-order valence-corrected chi connectivity index (χ4v) is 3.72. The number of rotatable bonds is 3. The number of amides is 1. The summed E-state index contributed by atoms with van der Waals surface area (Å²) in [5, 5.41) is 3.20. The topological polar surface area (TPSA) is 46.2 Å². The zero-order chi connectivity index (χ0) is 17.2. The summed E-state index contributed by atoms with van der Waals surface area (Å²) >= 11 is 0. The van der Waals surface area contributed by atoms with Gasteiger partial charge in [0.25, 0.3) is 5.91 Å². The second-order valence-corrected chi connectivity index (χ2v) is 7.24. The lowest BCUT2D eigenvalue weighted by atomic mass is 9.65. The lowest BCUT2D eigenvalue weighted by Crippen LogP contribution is -2.52. The maximum absolute atomic E-state index is 12.7. The fraction of sp³-hybridized carbons (Fsp3) is 0.333. The van der Waals surface area contributed by atoms with Crippen LogP contribution in [0.5, 0.6) is 0 Å². The smallest absolute Gasteiger partial charge is 0.251 e. The molecule has 1 aliphatic rings. The van der Waals surface area contributed by atoms with Crippen molar-refractivity contribution in [2.24, 2.45) is 5.41 Å². The van der Waals surface area contributed by atoms with Gasteiger partial charge in [-0.1, -0.05) is 62.4 Å². The molecule has 0 radical (unpaired) electrons. The van der Waals surface area contributed by atoms with Gasteiger partial charge in [-0.3, -0.25) is 9.59 Å². The maximum Gasteiger partial charge on any atom is 0.251 e. The predicted molar refractivity (Wildman–Crippen MR) is 94.9 cm³/mol. The van der Waals surface area contributed by atoms with Crippen LogP contribution in [-0.2, 0) is 4.79 Å². The van der Waals surface area contributed by atoms with E-state index in [0.29, 0.717) is 18.4 Å². The zero-order valence-electron chi connectivity index (χ0n) is 14.2. The first kappa shape index (κ1) is 16.4. The number of benzene rings is 2. The Morgan fingerprint density at radius 2 is 1.58 bits per heavy atom. The number of nitrogens with one attached hydrogen (secondary N) is 1. The van der Waals surface area contributed by atoms with Gasteiger partial charge in [0.05, 0.1) is 0 Å². The summed E-state index contributed by atoms with van der Waals surface area (Å²) in [6.07, 6.45) is 0.975. The summed E-state index contributed by atoms with van der Waals surface area (Å²) in [4.78, 5) is 24.9. The van der Waals surface area contributed by atoms with E-state index in [0.717, 1.165) is 5.56 Å². The van der Waals surface area contributed by atoms with Crippen LogP contribution in [0.15, 0.2) is 60.7 Å². The molecule has 1 fully saturated rings. The summed E-state index contributed by atoms with van der Waals surface area (Å²) in [7, 11) is 0. The van der Waals surface area contributed by atoms with Gasteiger partial charge in [-0.2, -0.15) is 0 Å². The lowest BCUT2D eigenvalue weighted by Gasteiger charge is -2.44. The largest absolute Gasteiger partial charge is 0.348 e. The highest BCUT2D eigenvalue weighted by atomic mass is 16.2. The van der Waals surface area contributed by atoms with E-state index in [1.807, 2.05) is 60.7 Å². The molecule has 0 saturated heterocycles. The highest BCUT2D eigenvalue weighted by Crippen LogP contribution is 2.42. The summed E-state index contributed by atoms with van der Waals surface area (Å²) in [6.45, 7) is 4.13. The van der Waals surface area contributed by atoms with Gasteiger partial charge in [-0.05, 0) is 23.1 Å². The van der Waals surface area contributed by atoms with Gasteiger partial charge in [0.2, 0.25) is 0 Å². The van der Waals surface area contributed by atoms with Crippen molar-refractivity contribution >= 4 is 11.7 Å². The average Bonchev–Trinajstić information content (AvgIpc) is 2.58. The van der Waals surface area contributed by atoms with E-state index in [4.69, 9.17) is 0 Å². The van der Waals surface area contributed by atoms with Crippen LogP contribution in [0, 0.1) is 5.41 Å². The molecule has 0 heterocycles. The van der Waals surface area contributed by atoms with Crippen LogP contribution in [0.2, 0.25) is 0 Å². The maximum atomic E-state index is 12.7. The Morgan fingerprint density at radius 3 is 2.21 bits per heavy atom. The fourth-order valence-electron chi connectivity index (χ4n) is 3.72. The van der Waals surface area contributed by atoms with Crippen LogP contribution < -0.4 is 5.32 Å². The molecule has 0 bridgehead atoms. The summed E-state index contributed by atoms with van der Waals surface area (Å²) in [6, 6.07) is 19.2. The van der Waals surface area contributed by atoms with Crippen molar-refractivity contribution in [3.8, 4) is 0 Å². The second kappa shape index (κ2) is 6.60. The molecule has 3 rings (SSSR count). The molecule has 2 atom stereocenters. The molecule has 1 saturated carbocycles. The number of Topliss-reactive ketones (excluding diaryl/α,β-unsaturated/α-hetero) is 1. The van der Waals surface area contributed by atoms with E-state index < -0.39 is 0 Å². The number of hydrogen-bond acceptors (Lipinski definition) is 2. The van der Waals surface area contributed by atoms with Gasteiger partial charge < -0.3 is 5.32 Å². The van der Waals surface area contributed by atoms with E-state index in [-0.39, 0.29) is 29.1 Å². The quantitative estimate of drug-likeness (QED) is 0.930. The zero-order valence-corrected chi connectivity index (χ0v) is 14.2. The van der Waals surface area contributed by atoms with Gasteiger partial charge >= 0.3 is 0 Å². The number of carbonyl (C=O) groups excluding carboxylic acids is 2. The molecule has 0 aromatic heterocycles. The summed E-state index contributed by atoms with van der Waals surface area (Å²) in [5.41, 5.74) is 1.48. The highest BCUT2D eigenvalue weighted by Gasteiger charge is 2.43. The van der Waals surface area contributed by atoms with E-state index in [1.165, 1.54) is 0 Å². The molecule has 2 aromatic rings. The molecular formula is C21H23NO2. The third kappa shape index (κ3) is 3.40. The molecule has 1 aliphatic carbocycles. The van der Waals surface area contributed by atoms with E-state index >= 15 is 0 Å². The Morgan fingerprint density at radius 1 is 1.00 bits per heavy atom. The van der Waals surface area contributed by atoms with E-state index in [2.05, 4.69) is 19.2 Å². The first-order chi connectivity index (χ1) is 11.5. The summed E-state index contributed by atoms with van der Waals surface area (Å²) < 4.78 is 0. The Kier molecular flexibility index (Phi) is 4.52. The monoisotopic (exact) mass is 321 g/mol. The third-order valence-electron chi connectivity index (χ3n) is 4.89. The third-order valence-corrected chi connectivity index (χ3v) is 4.89. The molecule has 0 spiro atoms. The molecule has 2 aromatic carbocycles. The van der Waals surface area contributed by atoms with Crippen molar-refractivity contribution in [1.29, 1.82) is 0 Å². The van der Waals surface area contributed by atoms with Crippen molar-refractivity contribution in [2.75, 3.05) is 0 Å². The Balaban J connectivity index is 1.91. The number of ketones is 1. The minimum absolute atomic E-state index is 0.00936. The molecule has 0 aliphatic heterocycles. The molecular weight excluding hydrogens is 298 g/mol. The number of hydrogen-bond donors (Lipinski definition) is 1. The normalized spacial score (nSPS) is 22.8. The van der Waals surface area contributed by atoms with Crippen LogP contribution in [-0.4, -0.2) is 17.7 Å². The Labute approximate surface area is 143 Å². The van der Waals surface area contributed by atoms with Crippen molar-refractivity contribution in [3.05, 3.63) is 71.8 Å². The van der Waals surface area contributed by atoms with Gasteiger partial charge in [0.1, 0.15) is 5.78 Å². The molecule has 1 N–H and O–H groups in total. The van der Waals surface area contributed by atoms with Crippen LogP contribution in [0.4, 0.5) is 0 Å². The predicted octanol–water partition coefficient (Wildman–Crippen LogP) is 3.96. The van der Waals surface area contributed by atoms with Crippen LogP contribution in [0.1, 0.15) is 48.5 Å². The van der Waals surface area contributed by atoms with Gasteiger partial charge in [-0.25, -0.2) is 0 Å². The van der Waals surface area contributed by atoms with Gasteiger partial charge in [0, 0.05) is 30.4 Å². The van der Waals surface area contributed by atoms with E-state index in [1.54, 1.807) is 0 Å². The number of carbonyl (C=O) groups is 2.